The minimum Gasteiger partial charge on any atom is -0.238 e. The second-order valence-electron chi connectivity index (χ2n) is 0.679. The van der Waals surface area contributed by atoms with Crippen LogP contribution in [0.3, 0.4) is 0 Å². The van der Waals surface area contributed by atoms with Crippen molar-refractivity contribution >= 4 is 22.6 Å². The summed E-state index contributed by atoms with van der Waals surface area (Å²) in [6, 6.07) is 0. The average Bonchev–Trinajstić information content (AvgIpc) is 1.59. The molecule has 0 atom stereocenters. The summed E-state index contributed by atoms with van der Waals surface area (Å²) >= 11 is -0.142. The van der Waals surface area contributed by atoms with Gasteiger partial charge in [0.05, 0.1) is 0 Å². The fourth-order valence-corrected chi connectivity index (χ4v) is 0.503. The van der Waals surface area contributed by atoms with Crippen molar-refractivity contribution in [1.29, 1.82) is 0 Å². The number of rotatable bonds is 3. The highest BCUT2D eigenvalue weighted by Crippen LogP contribution is 1.95. The highest BCUT2D eigenvalue weighted by atomic mass is 32.3. The smallest absolute Gasteiger partial charge is 0.238 e. The number of halogens is 1. The normalized spacial score (nSPS) is 11.8. The Morgan fingerprint density at radius 2 is 2.25 bits per heavy atom. The van der Waals surface area contributed by atoms with E-state index in [9.17, 15) is 12.3 Å². The number of hydrogen-bond donors (Lipinski definition) is 2. The quantitative estimate of drug-likeness (QED) is 0.199. The van der Waals surface area contributed by atoms with Gasteiger partial charge < -0.3 is 0 Å². The van der Waals surface area contributed by atoms with Gasteiger partial charge in [0.2, 0.25) is 0 Å². The summed E-state index contributed by atoms with van der Waals surface area (Å²) in [4.78, 5) is 0. The first-order valence-corrected chi connectivity index (χ1v) is 3.37. The second kappa shape index (κ2) is 3.20. The molecule has 2 N–H and O–H groups in total. The molecule has 0 saturated carbocycles. The Hall–Kier alpha value is 0.110. The molecular weight excluding hydrogens is 161 g/mol. The predicted octanol–water partition coefficient (Wildman–Crippen LogP) is -0.157. The third-order valence-electron chi connectivity index (χ3n) is 0.171. The van der Waals surface area contributed by atoms with Crippen LogP contribution in [0.1, 0.15) is 0 Å². The van der Waals surface area contributed by atoms with E-state index < -0.39 is 10.4 Å². The van der Waals surface area contributed by atoms with Crippen LogP contribution in [0.2, 0.25) is 0 Å². The first kappa shape index (κ1) is 8.11. The van der Waals surface area contributed by atoms with Gasteiger partial charge in [0.15, 0.2) is 0 Å². The topological polar surface area (TPSA) is 75.6 Å². The minimum atomic E-state index is -4.76. The molecular formula is H2FNO4S2. The molecule has 0 aromatic carbocycles. The van der Waals surface area contributed by atoms with Crippen molar-refractivity contribution in [2.24, 2.45) is 0 Å². The molecule has 5 nitrogen and oxygen atoms in total. The molecule has 8 heteroatoms. The Morgan fingerprint density at radius 1 is 1.75 bits per heavy atom. The molecule has 0 amide bonds. The van der Waals surface area contributed by atoms with Crippen LogP contribution in [-0.2, 0) is 14.7 Å². The number of nitrogens with one attached hydrogen (secondary N) is 1. The Labute approximate surface area is 49.5 Å². The molecule has 8 heavy (non-hydrogen) atoms. The number of hydrogen-bond acceptors (Lipinski definition) is 5. The lowest BCUT2D eigenvalue weighted by Crippen LogP contribution is -2.09. The maximum absolute atomic E-state index is 11.2. The van der Waals surface area contributed by atoms with E-state index in [1.54, 1.807) is 0 Å². The highest BCUT2D eigenvalue weighted by molar-refractivity contribution is 8.04. The van der Waals surface area contributed by atoms with Gasteiger partial charge in [0.25, 0.3) is 0 Å². The molecule has 0 rings (SSSR count). The molecule has 0 aromatic heterocycles. The van der Waals surface area contributed by atoms with E-state index in [1.165, 1.54) is 0 Å². The summed E-state index contributed by atoms with van der Waals surface area (Å²) in [6.07, 6.45) is 0. The Balaban J connectivity index is 3.42. The zero-order valence-corrected chi connectivity index (χ0v) is 5.00. The van der Waals surface area contributed by atoms with Crippen molar-refractivity contribution in [1.82, 2.24) is 4.13 Å². The lowest BCUT2D eigenvalue weighted by atomic mass is 13.9. The van der Waals surface area contributed by atoms with Crippen LogP contribution < -0.4 is 4.13 Å². The van der Waals surface area contributed by atoms with E-state index in [0.29, 0.717) is 0 Å². The molecule has 0 saturated heterocycles. The SMILES string of the molecule is O=S(=O)(F)NSOO. The van der Waals surface area contributed by atoms with Crippen molar-refractivity contribution < 1.29 is 21.9 Å². The summed E-state index contributed by atoms with van der Waals surface area (Å²) in [5.41, 5.74) is 0. The van der Waals surface area contributed by atoms with E-state index in [4.69, 9.17) is 5.26 Å². The summed E-state index contributed by atoms with van der Waals surface area (Å²) in [6.45, 7) is 0. The zero-order chi connectivity index (χ0) is 6.62. The molecule has 0 aliphatic heterocycles. The molecule has 0 unspecified atom stereocenters. The third-order valence-corrected chi connectivity index (χ3v) is 1.31. The first-order chi connectivity index (χ1) is 3.56. The van der Waals surface area contributed by atoms with Crippen LogP contribution in [-0.4, -0.2) is 13.7 Å². The predicted molar refractivity (Wildman–Crippen MR) is 24.5 cm³/mol. The third kappa shape index (κ3) is 6.11. The second-order valence-corrected chi connectivity index (χ2v) is 2.54. The molecule has 0 heterocycles. The van der Waals surface area contributed by atoms with Gasteiger partial charge in [-0.1, -0.05) is 3.89 Å². The van der Waals surface area contributed by atoms with Gasteiger partial charge in [0.1, 0.15) is 12.2 Å². The molecule has 0 spiro atoms. The molecule has 50 valence electrons. The maximum atomic E-state index is 11.2. The van der Waals surface area contributed by atoms with Gasteiger partial charge in [0, 0.05) is 0 Å². The van der Waals surface area contributed by atoms with Gasteiger partial charge in [-0.05, 0) is 0 Å². The minimum absolute atomic E-state index is 0.142. The van der Waals surface area contributed by atoms with Crippen LogP contribution in [0.25, 0.3) is 0 Å². The van der Waals surface area contributed by atoms with Crippen LogP contribution >= 0.6 is 12.2 Å². The van der Waals surface area contributed by atoms with Crippen molar-refractivity contribution in [2.45, 2.75) is 0 Å². The molecule has 0 aliphatic carbocycles. The van der Waals surface area contributed by atoms with Crippen LogP contribution in [0, 0.1) is 0 Å². The largest absolute Gasteiger partial charge is 0.383 e. The summed E-state index contributed by atoms with van der Waals surface area (Å²) in [5, 5.41) is 7.40. The van der Waals surface area contributed by atoms with E-state index in [2.05, 4.69) is 4.33 Å². The monoisotopic (exact) mass is 163 g/mol. The van der Waals surface area contributed by atoms with Gasteiger partial charge in [-0.25, -0.2) is 5.26 Å². The van der Waals surface area contributed by atoms with Crippen molar-refractivity contribution in [3.05, 3.63) is 0 Å². The van der Waals surface area contributed by atoms with E-state index >= 15 is 0 Å². The van der Waals surface area contributed by atoms with Crippen LogP contribution in [0.4, 0.5) is 3.89 Å². The fourth-order valence-electron chi connectivity index (χ4n) is 0.0559. The lowest BCUT2D eigenvalue weighted by Gasteiger charge is -1.88. The molecule has 0 aliphatic rings. The van der Waals surface area contributed by atoms with Gasteiger partial charge in [-0.15, -0.1) is 8.46 Å². The van der Waals surface area contributed by atoms with Gasteiger partial charge in [-0.2, -0.15) is 8.42 Å². The summed E-state index contributed by atoms with van der Waals surface area (Å²) in [5.74, 6) is 0. The zero-order valence-electron chi connectivity index (χ0n) is 3.37. The maximum Gasteiger partial charge on any atom is 0.383 e. The van der Waals surface area contributed by atoms with Gasteiger partial charge in [-0.3, -0.25) is 0 Å². The van der Waals surface area contributed by atoms with Crippen molar-refractivity contribution in [3.63, 3.8) is 0 Å². The summed E-state index contributed by atoms with van der Waals surface area (Å²) in [7, 11) is -4.76. The van der Waals surface area contributed by atoms with E-state index in [1.807, 2.05) is 0 Å². The van der Waals surface area contributed by atoms with E-state index in [-0.39, 0.29) is 12.2 Å². The molecule has 0 bridgehead atoms. The van der Waals surface area contributed by atoms with E-state index in [0.717, 1.165) is 4.13 Å². The fraction of sp³-hybridized carbons (Fsp3) is 0. The average molecular weight is 163 g/mol. The standard InChI is InChI=1S/FH2NO4S2/c1-8(4,5)2-7-6-3/h2-3H. The molecule has 0 fully saturated rings. The van der Waals surface area contributed by atoms with Crippen molar-refractivity contribution in [2.75, 3.05) is 0 Å². The Morgan fingerprint density at radius 3 is 2.38 bits per heavy atom. The molecule has 0 radical (unpaired) electrons. The lowest BCUT2D eigenvalue weighted by molar-refractivity contribution is -0.116. The summed E-state index contributed by atoms with van der Waals surface area (Å²) < 4.78 is 34.3. The van der Waals surface area contributed by atoms with Gasteiger partial charge >= 0.3 is 10.4 Å². The van der Waals surface area contributed by atoms with Crippen molar-refractivity contribution in [3.8, 4) is 0 Å². The Kier molecular flexibility index (Phi) is 3.24. The first-order valence-electron chi connectivity index (χ1n) is 1.25. The molecule has 0 aromatic rings. The van der Waals surface area contributed by atoms with Crippen LogP contribution in [0.15, 0.2) is 0 Å². The Bertz CT molecular complexity index is 138. The highest BCUT2D eigenvalue weighted by Gasteiger charge is 2.03. The van der Waals surface area contributed by atoms with Crippen LogP contribution in [0.5, 0.6) is 0 Å².